The van der Waals surface area contributed by atoms with Crippen molar-refractivity contribution in [3.05, 3.63) is 71.6 Å². The molecule has 0 radical (unpaired) electrons. The van der Waals surface area contributed by atoms with Crippen molar-refractivity contribution in [1.29, 1.82) is 0 Å². The lowest BCUT2D eigenvalue weighted by Crippen LogP contribution is -2.31. The lowest BCUT2D eigenvalue weighted by atomic mass is 9.92. The minimum absolute atomic E-state index is 0.131. The second-order valence-corrected chi connectivity index (χ2v) is 11.6. The Kier molecular flexibility index (Phi) is 7.69. The number of sulfonamides is 1. The maximum absolute atomic E-state index is 14.1. The van der Waals surface area contributed by atoms with Crippen molar-refractivity contribution in [2.45, 2.75) is 57.9 Å². The van der Waals surface area contributed by atoms with Crippen LogP contribution < -0.4 is 4.72 Å². The zero-order valence-corrected chi connectivity index (χ0v) is 21.7. The van der Waals surface area contributed by atoms with Crippen LogP contribution in [0, 0.1) is 11.7 Å². The summed E-state index contributed by atoms with van der Waals surface area (Å²) in [6.07, 6.45) is 3.16. The number of imidazole rings is 1. The molecular formula is C26H32FN3O4S. The average molecular weight is 502 g/mol. The van der Waals surface area contributed by atoms with Crippen molar-refractivity contribution in [2.75, 3.05) is 7.11 Å². The van der Waals surface area contributed by atoms with Gasteiger partial charge < -0.3 is 9.30 Å². The topological polar surface area (TPSA) is 90.3 Å². The van der Waals surface area contributed by atoms with Crippen LogP contribution in [-0.4, -0.2) is 31.2 Å². The van der Waals surface area contributed by atoms with Crippen molar-refractivity contribution < 1.29 is 22.3 Å². The average Bonchev–Trinajstić information content (AvgIpc) is 3.22. The van der Waals surface area contributed by atoms with Gasteiger partial charge >= 0.3 is 6.09 Å². The molecule has 1 amide bonds. The van der Waals surface area contributed by atoms with E-state index in [1.807, 2.05) is 15.5 Å². The Bertz CT molecular complexity index is 1320. The number of nitrogens with one attached hydrogen (secondary N) is 1. The maximum Gasteiger partial charge on any atom is 0.420 e. The van der Waals surface area contributed by atoms with E-state index in [2.05, 4.69) is 44.3 Å². The zero-order chi connectivity index (χ0) is 26.0. The number of carbonyl (C=O) groups is 1. The van der Waals surface area contributed by atoms with E-state index >= 15 is 0 Å². The lowest BCUT2D eigenvalue weighted by molar-refractivity contribution is 0.177. The van der Waals surface area contributed by atoms with Crippen LogP contribution in [0.5, 0.6) is 0 Å². The Balaban J connectivity index is 2.27. The zero-order valence-electron chi connectivity index (χ0n) is 20.9. The van der Waals surface area contributed by atoms with Crippen molar-refractivity contribution in [3.8, 4) is 11.1 Å². The molecule has 0 spiro atoms. The summed E-state index contributed by atoms with van der Waals surface area (Å²) in [6.45, 7) is 10.7. The van der Waals surface area contributed by atoms with E-state index in [4.69, 9.17) is 0 Å². The van der Waals surface area contributed by atoms with E-state index in [1.54, 1.807) is 24.4 Å². The van der Waals surface area contributed by atoms with Gasteiger partial charge in [-0.05, 0) is 53.3 Å². The second-order valence-electron chi connectivity index (χ2n) is 9.95. The summed E-state index contributed by atoms with van der Waals surface area (Å²) < 4.78 is 49.1. The molecule has 1 N–H and O–H groups in total. The summed E-state index contributed by atoms with van der Waals surface area (Å²) in [5.74, 6) is 0.656. The highest BCUT2D eigenvalue weighted by Gasteiger charge is 2.26. The number of benzene rings is 2. The first-order valence-corrected chi connectivity index (χ1v) is 12.8. The first-order chi connectivity index (χ1) is 16.3. The van der Waals surface area contributed by atoms with Crippen LogP contribution in [0.3, 0.4) is 0 Å². The van der Waals surface area contributed by atoms with Gasteiger partial charge in [-0.1, -0.05) is 46.8 Å². The predicted molar refractivity (Wildman–Crippen MR) is 133 cm³/mol. The fraction of sp³-hybridized carbons (Fsp3) is 0.385. The number of ether oxygens (including phenoxy) is 1. The Morgan fingerprint density at radius 3 is 2.49 bits per heavy atom. The van der Waals surface area contributed by atoms with Crippen LogP contribution in [0.1, 0.15) is 51.6 Å². The van der Waals surface area contributed by atoms with Crippen LogP contribution >= 0.6 is 0 Å². The lowest BCUT2D eigenvalue weighted by Gasteiger charge is -2.22. The number of amides is 1. The van der Waals surface area contributed by atoms with E-state index in [9.17, 15) is 17.6 Å². The van der Waals surface area contributed by atoms with Gasteiger partial charge in [-0.15, -0.1) is 0 Å². The molecule has 2 aromatic carbocycles. The van der Waals surface area contributed by atoms with E-state index in [0.717, 1.165) is 24.1 Å². The molecule has 9 heteroatoms. The van der Waals surface area contributed by atoms with Gasteiger partial charge in [0.1, 0.15) is 11.6 Å². The van der Waals surface area contributed by atoms with Crippen LogP contribution in [0.15, 0.2) is 53.7 Å². The molecule has 0 atom stereocenters. The summed E-state index contributed by atoms with van der Waals surface area (Å²) in [5.41, 5.74) is 2.19. The van der Waals surface area contributed by atoms with E-state index < -0.39 is 21.9 Å². The van der Waals surface area contributed by atoms with Gasteiger partial charge in [0, 0.05) is 29.9 Å². The molecule has 0 fully saturated rings. The van der Waals surface area contributed by atoms with Gasteiger partial charge in [0.15, 0.2) is 0 Å². The Labute approximate surface area is 206 Å². The highest BCUT2D eigenvalue weighted by molar-refractivity contribution is 7.90. The van der Waals surface area contributed by atoms with Crippen LogP contribution in [0.4, 0.5) is 9.18 Å². The highest BCUT2D eigenvalue weighted by atomic mass is 32.2. The minimum atomic E-state index is -4.32. The summed E-state index contributed by atoms with van der Waals surface area (Å²) in [7, 11) is -3.23. The molecule has 0 aliphatic rings. The van der Waals surface area contributed by atoms with Crippen molar-refractivity contribution in [1.82, 2.24) is 14.3 Å². The fourth-order valence-electron chi connectivity index (χ4n) is 4.02. The predicted octanol–water partition coefficient (Wildman–Crippen LogP) is 5.28. The standard InChI is InChI=1S/C26H32FN3O4S/c1-17(2)12-19-14-22(18-8-7-9-21(27)13-18)23(35(32,33)29-25(31)34-6)15-20(19)16-30-11-10-28-24(30)26(3,4)5/h7-11,13-15,17H,12,16H2,1-6H3,(H,29,31). The summed E-state index contributed by atoms with van der Waals surface area (Å²) in [6, 6.07) is 9.08. The van der Waals surface area contributed by atoms with Crippen LogP contribution in [-0.2, 0) is 33.1 Å². The minimum Gasteiger partial charge on any atom is -0.452 e. The maximum atomic E-state index is 14.1. The number of hydrogen-bond acceptors (Lipinski definition) is 5. The Morgan fingerprint density at radius 1 is 1.17 bits per heavy atom. The first-order valence-electron chi connectivity index (χ1n) is 11.4. The normalized spacial score (nSPS) is 12.1. The number of hydrogen-bond donors (Lipinski definition) is 1. The molecule has 0 saturated carbocycles. The second kappa shape index (κ2) is 10.2. The van der Waals surface area contributed by atoms with E-state index in [0.29, 0.717) is 24.1 Å². The Hall–Kier alpha value is -3.20. The van der Waals surface area contributed by atoms with Gasteiger partial charge in [-0.3, -0.25) is 0 Å². The molecule has 35 heavy (non-hydrogen) atoms. The fourth-order valence-corrected chi connectivity index (χ4v) is 5.20. The molecule has 1 aromatic heterocycles. The summed E-state index contributed by atoms with van der Waals surface area (Å²) in [5, 5.41) is 0. The molecule has 0 saturated heterocycles. The summed E-state index contributed by atoms with van der Waals surface area (Å²) >= 11 is 0. The van der Waals surface area contributed by atoms with E-state index in [1.165, 1.54) is 18.2 Å². The largest absolute Gasteiger partial charge is 0.452 e. The highest BCUT2D eigenvalue weighted by Crippen LogP contribution is 2.33. The van der Waals surface area contributed by atoms with Crippen molar-refractivity contribution >= 4 is 16.1 Å². The number of halogens is 1. The third-order valence-corrected chi connectivity index (χ3v) is 6.84. The van der Waals surface area contributed by atoms with Gasteiger partial charge in [0.2, 0.25) is 0 Å². The molecule has 1 heterocycles. The van der Waals surface area contributed by atoms with Gasteiger partial charge in [0.25, 0.3) is 10.0 Å². The molecule has 0 bridgehead atoms. The molecule has 3 rings (SSSR count). The van der Waals surface area contributed by atoms with Crippen LogP contribution in [0.2, 0.25) is 0 Å². The molecule has 0 aliphatic heterocycles. The molecule has 0 aliphatic carbocycles. The van der Waals surface area contributed by atoms with Gasteiger partial charge in [-0.2, -0.15) is 0 Å². The number of aromatic nitrogens is 2. The number of nitrogens with zero attached hydrogens (tertiary/aromatic N) is 2. The third-order valence-electron chi connectivity index (χ3n) is 5.49. The number of carbonyl (C=O) groups excluding carboxylic acids is 1. The molecule has 3 aromatic rings. The molecule has 7 nitrogen and oxygen atoms in total. The third kappa shape index (κ3) is 6.28. The smallest absolute Gasteiger partial charge is 0.420 e. The van der Waals surface area contributed by atoms with Crippen molar-refractivity contribution in [2.24, 2.45) is 5.92 Å². The van der Waals surface area contributed by atoms with E-state index in [-0.39, 0.29) is 16.2 Å². The van der Waals surface area contributed by atoms with Crippen LogP contribution in [0.25, 0.3) is 11.1 Å². The summed E-state index contributed by atoms with van der Waals surface area (Å²) in [4.78, 5) is 16.2. The molecule has 0 unspecified atom stereocenters. The van der Waals surface area contributed by atoms with Gasteiger partial charge in [0.05, 0.1) is 12.0 Å². The first kappa shape index (κ1) is 26.4. The quantitative estimate of drug-likeness (QED) is 0.476. The number of rotatable bonds is 7. The monoisotopic (exact) mass is 501 g/mol. The molecule has 188 valence electrons. The van der Waals surface area contributed by atoms with Gasteiger partial charge in [-0.25, -0.2) is 27.3 Å². The molecular weight excluding hydrogens is 469 g/mol. The Morgan fingerprint density at radius 2 is 1.89 bits per heavy atom. The number of methoxy groups -OCH3 is 1. The van der Waals surface area contributed by atoms with Crippen molar-refractivity contribution in [3.63, 3.8) is 0 Å². The SMILES string of the molecule is COC(=O)NS(=O)(=O)c1cc(Cn2ccnc2C(C)(C)C)c(CC(C)C)cc1-c1cccc(F)c1.